The van der Waals surface area contributed by atoms with Crippen molar-refractivity contribution in [3.05, 3.63) is 29.8 Å². The van der Waals surface area contributed by atoms with Crippen molar-refractivity contribution in [3.8, 4) is 0 Å². The number of amides is 1. The summed E-state index contributed by atoms with van der Waals surface area (Å²) in [6.45, 7) is 0.982. The first kappa shape index (κ1) is 12.7. The Bertz CT molecular complexity index is 436. The highest BCUT2D eigenvalue weighted by molar-refractivity contribution is 5.65. The van der Waals surface area contributed by atoms with E-state index in [1.165, 1.54) is 4.90 Å². The minimum absolute atomic E-state index is 0.0170. The summed E-state index contributed by atoms with van der Waals surface area (Å²) in [6, 6.07) is 7.46. The Morgan fingerprint density at radius 1 is 1.50 bits per heavy atom. The predicted octanol–water partition coefficient (Wildman–Crippen LogP) is 1.34. The number of aliphatic hydroxyl groups is 1. The van der Waals surface area contributed by atoms with E-state index in [0.29, 0.717) is 25.2 Å². The number of aliphatic hydroxyl groups excluding tert-OH is 1. The fourth-order valence-electron chi connectivity index (χ4n) is 2.56. The third kappa shape index (κ3) is 2.56. The van der Waals surface area contributed by atoms with Gasteiger partial charge in [-0.25, -0.2) is 4.79 Å². The zero-order valence-electron chi connectivity index (χ0n) is 10.1. The third-order valence-electron chi connectivity index (χ3n) is 3.60. The number of hydrogen-bond acceptors (Lipinski definition) is 3. The monoisotopic (exact) mass is 250 g/mol. The molecule has 1 aliphatic heterocycles. The lowest BCUT2D eigenvalue weighted by atomic mass is 9.81. The van der Waals surface area contributed by atoms with E-state index in [1.54, 1.807) is 6.07 Å². The molecule has 1 fully saturated rings. The van der Waals surface area contributed by atoms with E-state index in [2.05, 4.69) is 0 Å². The fourth-order valence-corrected chi connectivity index (χ4v) is 2.56. The van der Waals surface area contributed by atoms with Gasteiger partial charge in [-0.1, -0.05) is 12.1 Å². The minimum Gasteiger partial charge on any atom is -0.465 e. The Morgan fingerprint density at radius 2 is 2.28 bits per heavy atom. The van der Waals surface area contributed by atoms with Crippen LogP contribution >= 0.6 is 0 Å². The topological polar surface area (TPSA) is 86.8 Å². The number of rotatable bonds is 2. The Balaban J connectivity index is 2.23. The first-order valence-corrected chi connectivity index (χ1v) is 6.06. The Labute approximate surface area is 106 Å². The molecule has 4 N–H and O–H groups in total. The summed E-state index contributed by atoms with van der Waals surface area (Å²) in [4.78, 5) is 12.4. The first-order valence-electron chi connectivity index (χ1n) is 6.06. The van der Waals surface area contributed by atoms with Gasteiger partial charge in [-0.15, -0.1) is 0 Å². The second kappa shape index (κ2) is 5.27. The standard InChI is InChI=1S/C13H18N2O3/c14-11-3-1-2-9(6-11)12-7-15(13(17)18)5-4-10(12)8-16/h1-3,6,10,12,16H,4-5,7-8,14H2,(H,17,18). The van der Waals surface area contributed by atoms with Crippen molar-refractivity contribution in [2.75, 3.05) is 25.4 Å². The molecule has 0 spiro atoms. The smallest absolute Gasteiger partial charge is 0.407 e. The molecule has 2 unspecified atom stereocenters. The van der Waals surface area contributed by atoms with E-state index in [4.69, 9.17) is 10.8 Å². The number of carboxylic acid groups (broad SMARTS) is 1. The largest absolute Gasteiger partial charge is 0.465 e. The van der Waals surface area contributed by atoms with Gasteiger partial charge in [-0.2, -0.15) is 0 Å². The molecule has 98 valence electrons. The van der Waals surface area contributed by atoms with Crippen LogP contribution in [0.25, 0.3) is 0 Å². The Morgan fingerprint density at radius 3 is 2.89 bits per heavy atom. The van der Waals surface area contributed by atoms with E-state index < -0.39 is 6.09 Å². The molecule has 0 radical (unpaired) electrons. The van der Waals surface area contributed by atoms with Crippen LogP contribution in [0, 0.1) is 5.92 Å². The second-order valence-corrected chi connectivity index (χ2v) is 4.74. The van der Waals surface area contributed by atoms with Gasteiger partial charge in [0, 0.05) is 31.3 Å². The third-order valence-corrected chi connectivity index (χ3v) is 3.60. The molecule has 1 amide bonds. The van der Waals surface area contributed by atoms with Gasteiger partial charge in [0.25, 0.3) is 0 Å². The normalized spacial score (nSPS) is 23.9. The summed E-state index contributed by atoms with van der Waals surface area (Å²) in [5.41, 5.74) is 7.42. The van der Waals surface area contributed by atoms with Gasteiger partial charge < -0.3 is 20.8 Å². The van der Waals surface area contributed by atoms with Crippen molar-refractivity contribution < 1.29 is 15.0 Å². The number of likely N-dealkylation sites (tertiary alicyclic amines) is 1. The van der Waals surface area contributed by atoms with Crippen LogP contribution in [-0.4, -0.2) is 40.9 Å². The van der Waals surface area contributed by atoms with E-state index in [-0.39, 0.29) is 18.4 Å². The molecular weight excluding hydrogens is 232 g/mol. The predicted molar refractivity (Wildman–Crippen MR) is 68.4 cm³/mol. The van der Waals surface area contributed by atoms with Crippen molar-refractivity contribution in [2.24, 2.45) is 5.92 Å². The molecule has 1 saturated heterocycles. The van der Waals surface area contributed by atoms with Gasteiger partial charge in [-0.3, -0.25) is 0 Å². The van der Waals surface area contributed by atoms with E-state index in [1.807, 2.05) is 18.2 Å². The fraction of sp³-hybridized carbons (Fsp3) is 0.462. The molecule has 0 aromatic heterocycles. The Kier molecular flexibility index (Phi) is 3.72. The number of nitrogens with two attached hydrogens (primary N) is 1. The highest BCUT2D eigenvalue weighted by Gasteiger charge is 2.31. The average Bonchev–Trinajstić information content (AvgIpc) is 2.38. The average molecular weight is 250 g/mol. The summed E-state index contributed by atoms with van der Waals surface area (Å²) < 4.78 is 0. The van der Waals surface area contributed by atoms with Crippen LogP contribution in [0.1, 0.15) is 17.9 Å². The number of hydrogen-bond donors (Lipinski definition) is 3. The van der Waals surface area contributed by atoms with E-state index in [9.17, 15) is 9.90 Å². The lowest BCUT2D eigenvalue weighted by molar-refractivity contribution is 0.0939. The maximum absolute atomic E-state index is 11.0. The second-order valence-electron chi connectivity index (χ2n) is 4.74. The van der Waals surface area contributed by atoms with Crippen LogP contribution in [0.4, 0.5) is 10.5 Å². The highest BCUT2D eigenvalue weighted by Crippen LogP contribution is 2.32. The lowest BCUT2D eigenvalue weighted by Gasteiger charge is -2.36. The van der Waals surface area contributed by atoms with E-state index in [0.717, 1.165) is 5.56 Å². The molecule has 1 aromatic rings. The molecule has 0 aliphatic carbocycles. The van der Waals surface area contributed by atoms with Gasteiger partial charge in [0.15, 0.2) is 0 Å². The Hall–Kier alpha value is -1.75. The van der Waals surface area contributed by atoms with Crippen LogP contribution in [0.5, 0.6) is 0 Å². The van der Waals surface area contributed by atoms with Crippen LogP contribution < -0.4 is 5.73 Å². The lowest BCUT2D eigenvalue weighted by Crippen LogP contribution is -2.43. The maximum atomic E-state index is 11.0. The molecule has 5 nitrogen and oxygen atoms in total. The molecular formula is C13H18N2O3. The van der Waals surface area contributed by atoms with Crippen LogP contribution in [0.3, 0.4) is 0 Å². The van der Waals surface area contributed by atoms with Gasteiger partial charge in [-0.05, 0) is 30.0 Å². The van der Waals surface area contributed by atoms with E-state index >= 15 is 0 Å². The van der Waals surface area contributed by atoms with Crippen LogP contribution in [-0.2, 0) is 0 Å². The zero-order valence-corrected chi connectivity index (χ0v) is 10.1. The van der Waals surface area contributed by atoms with Gasteiger partial charge >= 0.3 is 6.09 Å². The van der Waals surface area contributed by atoms with Crippen molar-refractivity contribution in [2.45, 2.75) is 12.3 Å². The quantitative estimate of drug-likeness (QED) is 0.691. The molecule has 0 saturated carbocycles. The van der Waals surface area contributed by atoms with Crippen molar-refractivity contribution >= 4 is 11.8 Å². The van der Waals surface area contributed by atoms with Gasteiger partial charge in [0.2, 0.25) is 0 Å². The minimum atomic E-state index is -0.903. The highest BCUT2D eigenvalue weighted by atomic mass is 16.4. The van der Waals surface area contributed by atoms with Gasteiger partial charge in [0.05, 0.1) is 0 Å². The van der Waals surface area contributed by atoms with Gasteiger partial charge in [0.1, 0.15) is 0 Å². The van der Waals surface area contributed by atoms with Crippen molar-refractivity contribution in [1.29, 1.82) is 0 Å². The maximum Gasteiger partial charge on any atom is 0.407 e. The van der Waals surface area contributed by atoms with Crippen LogP contribution in [0.2, 0.25) is 0 Å². The zero-order chi connectivity index (χ0) is 13.1. The number of benzene rings is 1. The summed E-state index contributed by atoms with van der Waals surface area (Å²) in [5, 5.41) is 18.5. The first-order chi connectivity index (χ1) is 8.61. The molecule has 1 heterocycles. The molecule has 1 aromatic carbocycles. The number of anilines is 1. The summed E-state index contributed by atoms with van der Waals surface area (Å²) in [6.07, 6.45) is -0.220. The molecule has 2 rings (SSSR count). The van der Waals surface area contributed by atoms with Crippen molar-refractivity contribution in [3.63, 3.8) is 0 Å². The summed E-state index contributed by atoms with van der Waals surface area (Å²) in [7, 11) is 0. The molecule has 5 heteroatoms. The summed E-state index contributed by atoms with van der Waals surface area (Å²) in [5.74, 6) is 0.116. The molecule has 1 aliphatic rings. The number of nitrogen functional groups attached to an aromatic ring is 1. The molecule has 18 heavy (non-hydrogen) atoms. The summed E-state index contributed by atoms with van der Waals surface area (Å²) >= 11 is 0. The number of nitrogens with zero attached hydrogens (tertiary/aromatic N) is 1. The number of piperidine rings is 1. The SMILES string of the molecule is Nc1cccc(C2CN(C(=O)O)CCC2CO)c1. The number of carbonyl (C=O) groups is 1. The van der Waals surface area contributed by atoms with Crippen LogP contribution in [0.15, 0.2) is 24.3 Å². The van der Waals surface area contributed by atoms with Crippen molar-refractivity contribution in [1.82, 2.24) is 4.90 Å². The molecule has 2 atom stereocenters. The molecule has 0 bridgehead atoms.